The number of amides is 1. The van der Waals surface area contributed by atoms with Crippen molar-refractivity contribution in [1.82, 2.24) is 19.7 Å². The van der Waals surface area contributed by atoms with E-state index in [4.69, 9.17) is 5.11 Å². The molecule has 0 atom stereocenters. The minimum Gasteiger partial charge on any atom is -0.480 e. The summed E-state index contributed by atoms with van der Waals surface area (Å²) in [5, 5.41) is 13.1. The van der Waals surface area contributed by atoms with Gasteiger partial charge in [0.2, 0.25) is 5.82 Å². The van der Waals surface area contributed by atoms with Crippen molar-refractivity contribution in [3.8, 4) is 5.69 Å². The summed E-state index contributed by atoms with van der Waals surface area (Å²) >= 11 is 0. The second kappa shape index (κ2) is 7.20. The quantitative estimate of drug-likeness (QED) is 0.871. The number of carboxylic acids is 1. The third kappa shape index (κ3) is 4.15. The molecule has 0 aliphatic heterocycles. The molecular formula is C16H19FN4O3. The molecule has 0 saturated carbocycles. The highest BCUT2D eigenvalue weighted by atomic mass is 19.1. The summed E-state index contributed by atoms with van der Waals surface area (Å²) < 4.78 is 14.4. The highest BCUT2D eigenvalue weighted by Crippen LogP contribution is 2.12. The molecule has 1 N–H and O–H groups in total. The summed E-state index contributed by atoms with van der Waals surface area (Å²) in [5.41, 5.74) is 0.564. The molecule has 24 heavy (non-hydrogen) atoms. The first-order valence-electron chi connectivity index (χ1n) is 7.48. The number of rotatable bonds is 6. The molecule has 1 heterocycles. The van der Waals surface area contributed by atoms with Crippen molar-refractivity contribution < 1.29 is 19.1 Å². The van der Waals surface area contributed by atoms with Crippen molar-refractivity contribution in [1.29, 1.82) is 0 Å². The van der Waals surface area contributed by atoms with Gasteiger partial charge in [-0.25, -0.2) is 14.1 Å². The van der Waals surface area contributed by atoms with Crippen LogP contribution in [0.25, 0.3) is 5.69 Å². The van der Waals surface area contributed by atoms with Gasteiger partial charge in [-0.1, -0.05) is 13.8 Å². The number of carbonyl (C=O) groups is 2. The summed E-state index contributed by atoms with van der Waals surface area (Å²) in [7, 11) is 0. The van der Waals surface area contributed by atoms with E-state index in [9.17, 15) is 14.0 Å². The second-order valence-electron chi connectivity index (χ2n) is 5.84. The van der Waals surface area contributed by atoms with Crippen LogP contribution in [-0.4, -0.2) is 49.7 Å². The molecule has 0 aliphatic rings. The molecule has 0 fully saturated rings. The van der Waals surface area contributed by atoms with Crippen LogP contribution in [0.5, 0.6) is 0 Å². The van der Waals surface area contributed by atoms with E-state index in [-0.39, 0.29) is 24.1 Å². The molecule has 1 amide bonds. The number of aromatic nitrogens is 3. The molecule has 2 aromatic rings. The molecule has 1 aromatic carbocycles. The van der Waals surface area contributed by atoms with E-state index < -0.39 is 18.4 Å². The topological polar surface area (TPSA) is 88.3 Å². The van der Waals surface area contributed by atoms with Crippen LogP contribution >= 0.6 is 0 Å². The molecule has 7 nitrogen and oxygen atoms in total. The van der Waals surface area contributed by atoms with Crippen molar-refractivity contribution in [3.63, 3.8) is 0 Å². The van der Waals surface area contributed by atoms with Crippen LogP contribution in [0.1, 0.15) is 30.3 Å². The van der Waals surface area contributed by atoms with E-state index in [2.05, 4.69) is 10.1 Å². The van der Waals surface area contributed by atoms with Crippen molar-refractivity contribution in [2.45, 2.75) is 20.8 Å². The Morgan fingerprint density at radius 2 is 1.92 bits per heavy atom. The van der Waals surface area contributed by atoms with E-state index in [0.29, 0.717) is 11.5 Å². The molecule has 0 bridgehead atoms. The number of hydrogen-bond donors (Lipinski definition) is 1. The highest BCUT2D eigenvalue weighted by Gasteiger charge is 2.24. The lowest BCUT2D eigenvalue weighted by molar-refractivity contribution is -0.137. The van der Waals surface area contributed by atoms with Crippen molar-refractivity contribution in [2.24, 2.45) is 5.92 Å². The summed E-state index contributed by atoms with van der Waals surface area (Å²) in [6.45, 7) is 5.31. The van der Waals surface area contributed by atoms with Crippen molar-refractivity contribution in [3.05, 3.63) is 41.7 Å². The molecule has 0 saturated heterocycles. The smallest absolute Gasteiger partial charge is 0.323 e. The highest BCUT2D eigenvalue weighted by molar-refractivity contribution is 5.92. The second-order valence-corrected chi connectivity index (χ2v) is 5.84. The predicted molar refractivity (Wildman–Crippen MR) is 84.4 cm³/mol. The van der Waals surface area contributed by atoms with E-state index >= 15 is 0 Å². The lowest BCUT2D eigenvalue weighted by atomic mass is 10.2. The molecule has 8 heteroatoms. The zero-order valence-electron chi connectivity index (χ0n) is 13.7. The van der Waals surface area contributed by atoms with Gasteiger partial charge in [-0.3, -0.25) is 9.59 Å². The fraction of sp³-hybridized carbons (Fsp3) is 0.375. The third-order valence-corrected chi connectivity index (χ3v) is 3.23. The Hall–Kier alpha value is -2.77. The molecule has 2 rings (SSSR count). The molecule has 0 spiro atoms. The van der Waals surface area contributed by atoms with Crippen LogP contribution in [0.3, 0.4) is 0 Å². The van der Waals surface area contributed by atoms with Crippen LogP contribution in [0.15, 0.2) is 24.3 Å². The van der Waals surface area contributed by atoms with Gasteiger partial charge in [-0.15, -0.1) is 5.10 Å². The van der Waals surface area contributed by atoms with E-state index in [0.717, 1.165) is 0 Å². The summed E-state index contributed by atoms with van der Waals surface area (Å²) in [4.78, 5) is 28.8. The number of carboxylic acid groups (broad SMARTS) is 1. The maximum absolute atomic E-state index is 13.0. The van der Waals surface area contributed by atoms with Gasteiger partial charge in [0.05, 0.1) is 5.69 Å². The van der Waals surface area contributed by atoms with Gasteiger partial charge >= 0.3 is 5.97 Å². The number of aryl methyl sites for hydroxylation is 1. The van der Waals surface area contributed by atoms with Gasteiger partial charge in [0.1, 0.15) is 18.2 Å². The Kier molecular flexibility index (Phi) is 5.28. The summed E-state index contributed by atoms with van der Waals surface area (Å²) in [5.74, 6) is -1.55. The maximum atomic E-state index is 13.0. The van der Waals surface area contributed by atoms with Gasteiger partial charge in [0.25, 0.3) is 5.91 Å². The summed E-state index contributed by atoms with van der Waals surface area (Å²) in [6, 6.07) is 5.61. The van der Waals surface area contributed by atoms with E-state index in [1.165, 1.54) is 33.8 Å². The number of nitrogens with zero attached hydrogens (tertiary/aromatic N) is 4. The molecule has 0 aliphatic carbocycles. The van der Waals surface area contributed by atoms with Gasteiger partial charge in [-0.2, -0.15) is 0 Å². The molecule has 1 aromatic heterocycles. The number of hydrogen-bond acceptors (Lipinski definition) is 4. The van der Waals surface area contributed by atoms with Crippen molar-refractivity contribution >= 4 is 11.9 Å². The Bertz CT molecular complexity index is 740. The van der Waals surface area contributed by atoms with Crippen LogP contribution in [0.4, 0.5) is 4.39 Å². The SMILES string of the molecule is Cc1nc(C(=O)N(CC(=O)O)CC(C)C)nn1-c1ccc(F)cc1. The zero-order chi connectivity index (χ0) is 17.9. The van der Waals surface area contributed by atoms with Gasteiger partial charge in [0.15, 0.2) is 0 Å². The van der Waals surface area contributed by atoms with Gasteiger partial charge in [0, 0.05) is 6.54 Å². The molecular weight excluding hydrogens is 315 g/mol. The monoisotopic (exact) mass is 334 g/mol. The van der Waals surface area contributed by atoms with Crippen molar-refractivity contribution in [2.75, 3.05) is 13.1 Å². The Morgan fingerprint density at radius 3 is 2.46 bits per heavy atom. The number of aliphatic carboxylic acids is 1. The Morgan fingerprint density at radius 1 is 1.29 bits per heavy atom. The standard InChI is InChI=1S/C16H19FN4O3/c1-10(2)8-20(9-14(22)23)16(24)15-18-11(3)21(19-15)13-6-4-12(17)5-7-13/h4-7,10H,8-9H2,1-3H3,(H,22,23). The van der Waals surface area contributed by atoms with E-state index in [1.807, 2.05) is 13.8 Å². The lowest BCUT2D eigenvalue weighted by Crippen LogP contribution is -2.38. The van der Waals surface area contributed by atoms with Gasteiger partial charge < -0.3 is 10.0 Å². The fourth-order valence-electron chi connectivity index (χ4n) is 2.27. The molecule has 128 valence electrons. The molecule has 0 unspecified atom stereocenters. The maximum Gasteiger partial charge on any atom is 0.323 e. The van der Waals surface area contributed by atoms with Crippen LogP contribution in [0.2, 0.25) is 0 Å². The Labute approximate surface area is 138 Å². The first-order valence-corrected chi connectivity index (χ1v) is 7.48. The average Bonchev–Trinajstić information content (AvgIpc) is 2.87. The first kappa shape index (κ1) is 17.6. The third-order valence-electron chi connectivity index (χ3n) is 3.23. The normalized spacial score (nSPS) is 10.9. The van der Waals surface area contributed by atoms with Crippen LogP contribution < -0.4 is 0 Å². The fourth-order valence-corrected chi connectivity index (χ4v) is 2.27. The number of carbonyl (C=O) groups excluding carboxylic acids is 1. The average molecular weight is 334 g/mol. The first-order chi connectivity index (χ1) is 11.3. The van der Waals surface area contributed by atoms with Gasteiger partial charge in [-0.05, 0) is 37.1 Å². The van der Waals surface area contributed by atoms with Crippen LogP contribution in [-0.2, 0) is 4.79 Å². The zero-order valence-corrected chi connectivity index (χ0v) is 13.7. The van der Waals surface area contributed by atoms with E-state index in [1.54, 1.807) is 6.92 Å². The lowest BCUT2D eigenvalue weighted by Gasteiger charge is -2.21. The number of benzene rings is 1. The largest absolute Gasteiger partial charge is 0.480 e. The summed E-state index contributed by atoms with van der Waals surface area (Å²) in [6.07, 6.45) is 0. The number of halogens is 1. The molecule has 0 radical (unpaired) electrons. The minimum absolute atomic E-state index is 0.0845. The minimum atomic E-state index is -1.10. The van der Waals surface area contributed by atoms with Crippen LogP contribution in [0, 0.1) is 18.7 Å². The predicted octanol–water partition coefficient (Wildman–Crippen LogP) is 1.90. The Balaban J connectivity index is 2.30.